The summed E-state index contributed by atoms with van der Waals surface area (Å²) in [6.45, 7) is 2.80. The molecule has 0 bridgehead atoms. The molecule has 0 fully saturated rings. The van der Waals surface area contributed by atoms with E-state index in [4.69, 9.17) is 0 Å². The smallest absolute Gasteiger partial charge is 0.229 e. The summed E-state index contributed by atoms with van der Waals surface area (Å²) in [5.41, 5.74) is 2.37. The average molecular weight is 261 g/mol. The van der Waals surface area contributed by atoms with Crippen LogP contribution < -0.4 is 16.0 Å². The predicted molar refractivity (Wildman–Crippen MR) is 76.6 cm³/mol. The van der Waals surface area contributed by atoms with E-state index in [-0.39, 0.29) is 0 Å². The molecule has 7 nitrogen and oxygen atoms in total. The molecule has 0 aliphatic carbocycles. The molecule has 19 heavy (non-hydrogen) atoms. The number of aromatic nitrogens is 4. The molecular weight excluding hydrogens is 242 g/mol. The lowest BCUT2D eigenvalue weighted by molar-refractivity contribution is 0.937. The number of aromatic amines is 1. The first-order chi connectivity index (χ1) is 9.21. The molecule has 0 spiro atoms. The second kappa shape index (κ2) is 6.03. The molecule has 0 saturated carbocycles. The Hall–Kier alpha value is -2.31. The van der Waals surface area contributed by atoms with Crippen LogP contribution in [0.3, 0.4) is 0 Å². The maximum Gasteiger partial charge on any atom is 0.229 e. The molecule has 0 saturated heterocycles. The third kappa shape index (κ3) is 3.57. The van der Waals surface area contributed by atoms with Gasteiger partial charge in [-0.25, -0.2) is 0 Å². The third-order valence-corrected chi connectivity index (χ3v) is 2.65. The van der Waals surface area contributed by atoms with Gasteiger partial charge < -0.3 is 20.9 Å². The molecule has 2 rings (SSSR count). The van der Waals surface area contributed by atoms with Crippen LogP contribution in [0.15, 0.2) is 12.1 Å². The highest BCUT2D eigenvalue weighted by molar-refractivity contribution is 5.41. The first-order valence-electron chi connectivity index (χ1n) is 6.21. The summed E-state index contributed by atoms with van der Waals surface area (Å²) in [5.74, 6) is 1.64. The minimum atomic E-state index is 0.539. The van der Waals surface area contributed by atoms with Gasteiger partial charge in [-0.15, -0.1) is 0 Å². The Morgan fingerprint density at radius 3 is 2.16 bits per heavy atom. The highest BCUT2D eigenvalue weighted by Gasteiger charge is 2.04. The van der Waals surface area contributed by atoms with Crippen LogP contribution >= 0.6 is 0 Å². The maximum absolute atomic E-state index is 4.24. The van der Waals surface area contributed by atoms with Crippen molar-refractivity contribution in [1.82, 2.24) is 19.9 Å². The molecule has 0 unspecified atom stereocenters. The van der Waals surface area contributed by atoms with Crippen molar-refractivity contribution in [2.75, 3.05) is 36.6 Å². The number of hydrogen-bond donors (Lipinski definition) is 4. The van der Waals surface area contributed by atoms with Gasteiger partial charge in [0.05, 0.1) is 0 Å². The van der Waals surface area contributed by atoms with E-state index in [1.54, 1.807) is 14.1 Å². The van der Waals surface area contributed by atoms with Crippen molar-refractivity contribution < 1.29 is 0 Å². The van der Waals surface area contributed by atoms with Crippen molar-refractivity contribution >= 4 is 17.8 Å². The molecule has 2 aromatic heterocycles. The van der Waals surface area contributed by atoms with Crippen molar-refractivity contribution in [2.24, 2.45) is 0 Å². The Kier molecular flexibility index (Phi) is 4.17. The van der Waals surface area contributed by atoms with E-state index in [0.717, 1.165) is 13.0 Å². The summed E-state index contributed by atoms with van der Waals surface area (Å²) in [6.07, 6.45) is 0.892. The largest absolute Gasteiger partial charge is 0.362 e. The molecule has 2 heterocycles. The van der Waals surface area contributed by atoms with E-state index in [2.05, 4.69) is 48.0 Å². The number of nitrogens with zero attached hydrogens (tertiary/aromatic N) is 3. The van der Waals surface area contributed by atoms with Crippen molar-refractivity contribution in [3.05, 3.63) is 23.5 Å². The van der Waals surface area contributed by atoms with Gasteiger partial charge in [0.1, 0.15) is 0 Å². The van der Waals surface area contributed by atoms with Gasteiger partial charge in [0.2, 0.25) is 17.8 Å². The molecule has 102 valence electrons. The SMILES string of the molecule is CNc1nc(NC)nc(NCCc2ccc(C)[nH]2)n1. The lowest BCUT2D eigenvalue weighted by Crippen LogP contribution is -2.12. The lowest BCUT2D eigenvalue weighted by atomic mass is 10.3. The summed E-state index contributed by atoms with van der Waals surface area (Å²) in [4.78, 5) is 15.9. The van der Waals surface area contributed by atoms with E-state index >= 15 is 0 Å². The Morgan fingerprint density at radius 1 is 1.00 bits per heavy atom. The van der Waals surface area contributed by atoms with Gasteiger partial charge in [-0.1, -0.05) is 0 Å². The molecule has 0 amide bonds. The molecule has 4 N–H and O–H groups in total. The third-order valence-electron chi connectivity index (χ3n) is 2.65. The highest BCUT2D eigenvalue weighted by Crippen LogP contribution is 2.08. The van der Waals surface area contributed by atoms with E-state index in [1.807, 2.05) is 6.92 Å². The fourth-order valence-corrected chi connectivity index (χ4v) is 1.70. The van der Waals surface area contributed by atoms with Crippen LogP contribution in [0.5, 0.6) is 0 Å². The second-order valence-corrected chi connectivity index (χ2v) is 4.15. The summed E-state index contributed by atoms with van der Waals surface area (Å²) in [6, 6.07) is 4.15. The van der Waals surface area contributed by atoms with E-state index < -0.39 is 0 Å². The van der Waals surface area contributed by atoms with E-state index in [1.165, 1.54) is 11.4 Å². The minimum absolute atomic E-state index is 0.539. The van der Waals surface area contributed by atoms with Gasteiger partial charge in [-0.3, -0.25) is 0 Å². The normalized spacial score (nSPS) is 10.3. The number of H-pyrrole nitrogens is 1. The monoisotopic (exact) mass is 261 g/mol. The van der Waals surface area contributed by atoms with Crippen LogP contribution in [0.1, 0.15) is 11.4 Å². The molecule has 2 aromatic rings. The summed E-state index contributed by atoms with van der Waals surface area (Å²) in [5, 5.41) is 9.00. The zero-order valence-corrected chi connectivity index (χ0v) is 11.4. The zero-order chi connectivity index (χ0) is 13.7. The standard InChI is InChI=1S/C12H19N7/c1-8-4-5-9(16-8)6-7-15-12-18-10(13-2)17-11(14-3)19-12/h4-5,16H,6-7H2,1-3H3,(H3,13,14,15,17,18,19). The average Bonchev–Trinajstić information content (AvgIpc) is 2.84. The quantitative estimate of drug-likeness (QED) is 0.625. The fraction of sp³-hybridized carbons (Fsp3) is 0.417. The summed E-state index contributed by atoms with van der Waals surface area (Å²) < 4.78 is 0. The number of hydrogen-bond acceptors (Lipinski definition) is 6. The van der Waals surface area contributed by atoms with Crippen LogP contribution in [-0.4, -0.2) is 40.6 Å². The van der Waals surface area contributed by atoms with Crippen molar-refractivity contribution in [1.29, 1.82) is 0 Å². The van der Waals surface area contributed by atoms with Crippen LogP contribution in [-0.2, 0) is 6.42 Å². The first kappa shape index (κ1) is 13.1. The number of nitrogens with one attached hydrogen (secondary N) is 4. The van der Waals surface area contributed by atoms with Gasteiger partial charge in [0.15, 0.2) is 0 Å². The van der Waals surface area contributed by atoms with E-state index in [9.17, 15) is 0 Å². The zero-order valence-electron chi connectivity index (χ0n) is 11.4. The number of aryl methyl sites for hydroxylation is 1. The number of anilines is 3. The van der Waals surface area contributed by atoms with Gasteiger partial charge in [0, 0.05) is 38.4 Å². The summed E-state index contributed by atoms with van der Waals surface area (Å²) >= 11 is 0. The molecule has 0 atom stereocenters. The Bertz CT molecular complexity index is 512. The molecule has 7 heteroatoms. The second-order valence-electron chi connectivity index (χ2n) is 4.15. The fourth-order valence-electron chi connectivity index (χ4n) is 1.70. The van der Waals surface area contributed by atoms with Crippen LogP contribution in [0.25, 0.3) is 0 Å². The highest BCUT2D eigenvalue weighted by atomic mass is 15.3. The molecule has 0 aliphatic heterocycles. The first-order valence-corrected chi connectivity index (χ1v) is 6.21. The Balaban J connectivity index is 1.95. The van der Waals surface area contributed by atoms with Gasteiger partial charge in [-0.05, 0) is 19.1 Å². The van der Waals surface area contributed by atoms with Gasteiger partial charge >= 0.3 is 0 Å². The van der Waals surface area contributed by atoms with E-state index in [0.29, 0.717) is 17.8 Å². The topological polar surface area (TPSA) is 90.5 Å². The molecule has 0 aliphatic rings. The van der Waals surface area contributed by atoms with Crippen molar-refractivity contribution in [3.63, 3.8) is 0 Å². The van der Waals surface area contributed by atoms with Crippen molar-refractivity contribution in [3.8, 4) is 0 Å². The van der Waals surface area contributed by atoms with Gasteiger partial charge in [0.25, 0.3) is 0 Å². The maximum atomic E-state index is 4.24. The Morgan fingerprint density at radius 2 is 1.63 bits per heavy atom. The van der Waals surface area contributed by atoms with Gasteiger partial charge in [-0.2, -0.15) is 15.0 Å². The molecule has 0 aromatic carbocycles. The van der Waals surface area contributed by atoms with Crippen molar-refractivity contribution in [2.45, 2.75) is 13.3 Å². The van der Waals surface area contributed by atoms with Crippen LogP contribution in [0, 0.1) is 6.92 Å². The molecular formula is C12H19N7. The minimum Gasteiger partial charge on any atom is -0.362 e. The molecule has 0 radical (unpaired) electrons. The summed E-state index contributed by atoms with van der Waals surface area (Å²) in [7, 11) is 3.56. The van der Waals surface area contributed by atoms with Crippen LogP contribution in [0.4, 0.5) is 17.8 Å². The predicted octanol–water partition coefficient (Wildman–Crippen LogP) is 1.25. The number of rotatable bonds is 6. The van der Waals surface area contributed by atoms with Crippen LogP contribution in [0.2, 0.25) is 0 Å². The lowest BCUT2D eigenvalue weighted by Gasteiger charge is -2.07. The Labute approximate surface area is 112 Å².